The highest BCUT2D eigenvalue weighted by Gasteiger charge is 2.29. The smallest absolute Gasteiger partial charge is 0.422 e. The molecule has 0 aliphatic carbocycles. The molecule has 0 radical (unpaired) electrons. The van der Waals surface area contributed by atoms with E-state index in [0.717, 1.165) is 10.9 Å². The zero-order valence-corrected chi connectivity index (χ0v) is 16.4. The van der Waals surface area contributed by atoms with Crippen molar-refractivity contribution >= 4 is 28.4 Å². The lowest BCUT2D eigenvalue weighted by Gasteiger charge is -2.10. The Hall–Kier alpha value is -3.53. The molecule has 0 saturated heterocycles. The standard InChI is InChI=1S/C20H14ClF3N4O3/c21-14-8-11(4-5-16(14)30-10-20(22,23)24)19-26-18(27-31-19)13-2-1-3-15-12(13)6-7-28(15)9-17(25)29/h1-8H,9-10H2,(H2,25,29). The molecule has 2 N–H and O–H groups in total. The fraction of sp³-hybridized carbons (Fsp3) is 0.150. The number of aromatic nitrogens is 3. The van der Waals surface area contributed by atoms with Gasteiger partial charge in [0, 0.05) is 28.2 Å². The Kier molecular flexibility index (Phi) is 5.32. The van der Waals surface area contributed by atoms with E-state index in [9.17, 15) is 18.0 Å². The van der Waals surface area contributed by atoms with Crippen molar-refractivity contribution in [3.8, 4) is 28.6 Å². The molecule has 160 valence electrons. The van der Waals surface area contributed by atoms with Gasteiger partial charge in [-0.2, -0.15) is 18.2 Å². The first-order valence-electron chi connectivity index (χ1n) is 8.91. The van der Waals surface area contributed by atoms with Crippen LogP contribution in [0.5, 0.6) is 5.75 Å². The number of alkyl halides is 3. The van der Waals surface area contributed by atoms with E-state index in [4.69, 9.17) is 21.9 Å². The second-order valence-electron chi connectivity index (χ2n) is 6.62. The summed E-state index contributed by atoms with van der Waals surface area (Å²) in [6.07, 6.45) is -2.74. The van der Waals surface area contributed by atoms with E-state index < -0.39 is 18.7 Å². The maximum absolute atomic E-state index is 12.3. The molecular weight excluding hydrogens is 437 g/mol. The molecule has 1 amide bonds. The average molecular weight is 451 g/mol. The Morgan fingerprint density at radius 2 is 2.03 bits per heavy atom. The molecule has 31 heavy (non-hydrogen) atoms. The third-order valence-electron chi connectivity index (χ3n) is 4.38. The molecule has 4 rings (SSSR count). The van der Waals surface area contributed by atoms with Crippen molar-refractivity contribution in [3.05, 3.63) is 53.7 Å². The van der Waals surface area contributed by atoms with Crippen molar-refractivity contribution in [1.82, 2.24) is 14.7 Å². The zero-order valence-electron chi connectivity index (χ0n) is 15.7. The summed E-state index contributed by atoms with van der Waals surface area (Å²) in [7, 11) is 0. The summed E-state index contributed by atoms with van der Waals surface area (Å²) in [6.45, 7) is -1.41. The zero-order chi connectivity index (χ0) is 22.2. The lowest BCUT2D eigenvalue weighted by Crippen LogP contribution is -2.19. The lowest BCUT2D eigenvalue weighted by molar-refractivity contribution is -0.153. The van der Waals surface area contributed by atoms with E-state index in [1.165, 1.54) is 18.2 Å². The molecular formula is C20H14ClF3N4O3. The van der Waals surface area contributed by atoms with Crippen LogP contribution < -0.4 is 10.5 Å². The van der Waals surface area contributed by atoms with Crippen LogP contribution in [0.1, 0.15) is 0 Å². The van der Waals surface area contributed by atoms with Crippen LogP contribution in [0, 0.1) is 0 Å². The molecule has 11 heteroatoms. The van der Waals surface area contributed by atoms with E-state index in [-0.39, 0.29) is 23.2 Å². The van der Waals surface area contributed by atoms with E-state index in [1.54, 1.807) is 22.9 Å². The molecule has 0 fully saturated rings. The third-order valence-corrected chi connectivity index (χ3v) is 4.67. The second kappa shape index (κ2) is 7.95. The molecule has 0 aliphatic heterocycles. The Morgan fingerprint density at radius 3 is 2.74 bits per heavy atom. The molecule has 0 unspecified atom stereocenters. The van der Waals surface area contributed by atoms with E-state index in [0.29, 0.717) is 17.0 Å². The van der Waals surface area contributed by atoms with Gasteiger partial charge in [0.15, 0.2) is 6.61 Å². The summed E-state index contributed by atoms with van der Waals surface area (Å²) in [5.41, 5.74) is 7.15. The van der Waals surface area contributed by atoms with Gasteiger partial charge in [-0.1, -0.05) is 28.9 Å². The van der Waals surface area contributed by atoms with Crippen LogP contribution >= 0.6 is 11.6 Å². The number of nitrogens with two attached hydrogens (primary N) is 1. The normalized spacial score (nSPS) is 11.7. The molecule has 4 aromatic rings. The number of carbonyl (C=O) groups is 1. The summed E-state index contributed by atoms with van der Waals surface area (Å²) in [5.74, 6) is -0.147. The number of ether oxygens (including phenoxy) is 1. The fourth-order valence-corrected chi connectivity index (χ4v) is 3.32. The minimum absolute atomic E-state index is 0.0212. The maximum atomic E-state index is 12.3. The SMILES string of the molecule is NC(=O)Cn1ccc2c(-c3noc(-c4ccc(OCC(F)(F)F)c(Cl)c4)n3)cccc21. The summed E-state index contributed by atoms with van der Waals surface area (Å²) in [6, 6.07) is 11.4. The van der Waals surface area contributed by atoms with E-state index in [1.807, 2.05) is 12.1 Å². The molecule has 0 aliphatic rings. The van der Waals surface area contributed by atoms with Crippen molar-refractivity contribution in [2.45, 2.75) is 12.7 Å². The minimum Gasteiger partial charge on any atom is -0.483 e. The predicted molar refractivity (Wildman–Crippen MR) is 106 cm³/mol. The van der Waals surface area contributed by atoms with E-state index >= 15 is 0 Å². The van der Waals surface area contributed by atoms with Crippen molar-refractivity contribution < 1.29 is 27.2 Å². The molecule has 0 spiro atoms. The van der Waals surface area contributed by atoms with Crippen molar-refractivity contribution in [2.24, 2.45) is 5.73 Å². The minimum atomic E-state index is -4.47. The Labute approximate surface area is 178 Å². The lowest BCUT2D eigenvalue weighted by atomic mass is 10.1. The van der Waals surface area contributed by atoms with Gasteiger partial charge >= 0.3 is 6.18 Å². The highest BCUT2D eigenvalue weighted by atomic mass is 35.5. The van der Waals surface area contributed by atoms with Gasteiger partial charge in [-0.3, -0.25) is 4.79 Å². The summed E-state index contributed by atoms with van der Waals surface area (Å²) in [5, 5.41) is 4.77. The summed E-state index contributed by atoms with van der Waals surface area (Å²) < 4.78 is 48.7. The monoisotopic (exact) mass is 450 g/mol. The number of halogens is 4. The number of rotatable bonds is 6. The number of benzene rings is 2. The van der Waals surface area contributed by atoms with Crippen LogP contribution in [-0.2, 0) is 11.3 Å². The number of carbonyl (C=O) groups excluding carboxylic acids is 1. The van der Waals surface area contributed by atoms with Gasteiger partial charge in [0.2, 0.25) is 11.7 Å². The third kappa shape index (κ3) is 4.48. The number of hydrogen-bond acceptors (Lipinski definition) is 5. The van der Waals surface area contributed by atoms with Gasteiger partial charge in [-0.05, 0) is 30.3 Å². The van der Waals surface area contributed by atoms with Crippen LogP contribution in [0.15, 0.2) is 53.2 Å². The quantitative estimate of drug-likeness (QED) is 0.468. The van der Waals surface area contributed by atoms with Crippen molar-refractivity contribution in [2.75, 3.05) is 6.61 Å². The Bertz CT molecular complexity index is 1270. The Balaban J connectivity index is 1.62. The number of amides is 1. The van der Waals surface area contributed by atoms with Gasteiger partial charge in [-0.25, -0.2) is 0 Å². The van der Waals surface area contributed by atoms with Crippen molar-refractivity contribution in [1.29, 1.82) is 0 Å². The molecule has 2 aromatic carbocycles. The first kappa shape index (κ1) is 20.7. The molecule has 0 atom stereocenters. The van der Waals surface area contributed by atoms with Gasteiger partial charge in [-0.15, -0.1) is 0 Å². The number of hydrogen-bond donors (Lipinski definition) is 1. The van der Waals surface area contributed by atoms with Gasteiger partial charge < -0.3 is 19.6 Å². The van der Waals surface area contributed by atoms with Crippen molar-refractivity contribution in [3.63, 3.8) is 0 Å². The molecule has 0 bridgehead atoms. The summed E-state index contributed by atoms with van der Waals surface area (Å²) >= 11 is 6.03. The highest BCUT2D eigenvalue weighted by molar-refractivity contribution is 6.32. The molecule has 7 nitrogen and oxygen atoms in total. The summed E-state index contributed by atoms with van der Waals surface area (Å²) in [4.78, 5) is 15.6. The fourth-order valence-electron chi connectivity index (χ4n) is 3.08. The van der Waals surface area contributed by atoms with Gasteiger partial charge in [0.25, 0.3) is 5.89 Å². The molecule has 2 aromatic heterocycles. The second-order valence-corrected chi connectivity index (χ2v) is 7.03. The topological polar surface area (TPSA) is 96.2 Å². The number of nitrogens with zero attached hydrogens (tertiary/aromatic N) is 3. The largest absolute Gasteiger partial charge is 0.483 e. The number of fused-ring (bicyclic) bond motifs is 1. The predicted octanol–water partition coefficient (Wildman–Crippen LogP) is 4.44. The molecule has 2 heterocycles. The molecule has 0 saturated carbocycles. The highest BCUT2D eigenvalue weighted by Crippen LogP contribution is 2.33. The van der Waals surface area contributed by atoms with Gasteiger partial charge in [0.1, 0.15) is 12.3 Å². The number of primary amides is 1. The van der Waals surface area contributed by atoms with Crippen LogP contribution in [0.2, 0.25) is 5.02 Å². The Morgan fingerprint density at radius 1 is 1.23 bits per heavy atom. The maximum Gasteiger partial charge on any atom is 0.422 e. The first-order valence-corrected chi connectivity index (χ1v) is 9.29. The average Bonchev–Trinajstić information content (AvgIpc) is 3.33. The van der Waals surface area contributed by atoms with Gasteiger partial charge in [0.05, 0.1) is 5.02 Å². The van der Waals surface area contributed by atoms with Crippen LogP contribution in [0.25, 0.3) is 33.7 Å². The van der Waals surface area contributed by atoms with Crippen LogP contribution in [0.4, 0.5) is 13.2 Å². The van der Waals surface area contributed by atoms with Crippen LogP contribution in [-0.4, -0.2) is 33.4 Å². The van der Waals surface area contributed by atoms with Crippen LogP contribution in [0.3, 0.4) is 0 Å². The first-order chi connectivity index (χ1) is 14.7. The van der Waals surface area contributed by atoms with E-state index in [2.05, 4.69) is 14.9 Å².